The fourth-order valence-corrected chi connectivity index (χ4v) is 2.46. The van der Waals surface area contributed by atoms with Gasteiger partial charge in [-0.3, -0.25) is 4.79 Å². The normalized spacial score (nSPS) is 10.8. The molecule has 1 heterocycles. The van der Waals surface area contributed by atoms with Gasteiger partial charge in [0.15, 0.2) is 11.5 Å². The first-order valence-electron chi connectivity index (χ1n) is 7.00. The van der Waals surface area contributed by atoms with Crippen LogP contribution in [-0.4, -0.2) is 18.0 Å². The summed E-state index contributed by atoms with van der Waals surface area (Å²) in [5.74, 6) is 0.812. The lowest BCUT2D eigenvalue weighted by atomic mass is 10.1. The van der Waals surface area contributed by atoms with Crippen molar-refractivity contribution in [1.82, 2.24) is 4.98 Å². The van der Waals surface area contributed by atoms with Crippen LogP contribution in [0.25, 0.3) is 11.1 Å². The van der Waals surface area contributed by atoms with Crippen LogP contribution in [0.1, 0.15) is 21.8 Å². The Labute approximate surface area is 138 Å². The van der Waals surface area contributed by atoms with Gasteiger partial charge in [0, 0.05) is 23.6 Å². The van der Waals surface area contributed by atoms with E-state index >= 15 is 0 Å². The summed E-state index contributed by atoms with van der Waals surface area (Å²) in [5.41, 5.74) is 3.20. The summed E-state index contributed by atoms with van der Waals surface area (Å²) in [7, 11) is 1.53. The van der Waals surface area contributed by atoms with Crippen LogP contribution < -0.4 is 10.1 Å². The molecular weight excluding hydrogens is 316 g/mol. The number of nitrogens with zero attached hydrogens (tertiary/aromatic N) is 1. The fraction of sp³-hybridized carbons (Fsp3) is 0.176. The molecule has 118 valence electrons. The lowest BCUT2D eigenvalue weighted by molar-refractivity contribution is 0.102. The van der Waals surface area contributed by atoms with Gasteiger partial charge in [-0.15, -0.1) is 0 Å². The Morgan fingerprint density at radius 1 is 1.26 bits per heavy atom. The second-order valence-corrected chi connectivity index (χ2v) is 5.58. The van der Waals surface area contributed by atoms with Crippen molar-refractivity contribution in [3.63, 3.8) is 0 Å². The smallest absolute Gasteiger partial charge is 0.255 e. The summed E-state index contributed by atoms with van der Waals surface area (Å²) in [6.07, 6.45) is 0. The van der Waals surface area contributed by atoms with Crippen molar-refractivity contribution in [3.05, 3.63) is 52.4 Å². The number of carbonyl (C=O) groups is 1. The van der Waals surface area contributed by atoms with E-state index in [1.54, 1.807) is 37.3 Å². The number of ether oxygens (including phenoxy) is 1. The number of halogens is 1. The van der Waals surface area contributed by atoms with Crippen LogP contribution in [0.4, 0.5) is 5.69 Å². The van der Waals surface area contributed by atoms with E-state index in [0.29, 0.717) is 39.0 Å². The largest absolute Gasteiger partial charge is 0.495 e. The van der Waals surface area contributed by atoms with Crippen molar-refractivity contribution in [2.75, 3.05) is 12.4 Å². The Morgan fingerprint density at radius 2 is 2.04 bits per heavy atom. The van der Waals surface area contributed by atoms with Gasteiger partial charge in [-0.2, -0.15) is 0 Å². The van der Waals surface area contributed by atoms with Crippen molar-refractivity contribution in [1.29, 1.82) is 0 Å². The SMILES string of the molecule is COc1cc(Cl)c(C)cc1NC(=O)c1ccc2oc(C)nc2c1. The Balaban J connectivity index is 1.92. The predicted octanol–water partition coefficient (Wildman–Crippen LogP) is 4.36. The van der Waals surface area contributed by atoms with E-state index in [1.807, 2.05) is 6.92 Å². The third-order valence-electron chi connectivity index (χ3n) is 3.49. The molecule has 1 N–H and O–H groups in total. The maximum Gasteiger partial charge on any atom is 0.255 e. The molecule has 0 fully saturated rings. The maximum atomic E-state index is 12.5. The van der Waals surface area contributed by atoms with Crippen molar-refractivity contribution in [2.45, 2.75) is 13.8 Å². The summed E-state index contributed by atoms with van der Waals surface area (Å²) < 4.78 is 10.7. The number of methoxy groups -OCH3 is 1. The Hall–Kier alpha value is -2.53. The number of hydrogen-bond acceptors (Lipinski definition) is 4. The number of aromatic nitrogens is 1. The first-order chi connectivity index (χ1) is 11.0. The lowest BCUT2D eigenvalue weighted by Gasteiger charge is -2.12. The van der Waals surface area contributed by atoms with Crippen LogP contribution in [0.15, 0.2) is 34.7 Å². The minimum Gasteiger partial charge on any atom is -0.495 e. The van der Waals surface area contributed by atoms with Crippen molar-refractivity contribution in [3.8, 4) is 5.75 Å². The van der Waals surface area contributed by atoms with Crippen LogP contribution in [0.2, 0.25) is 5.02 Å². The van der Waals surface area contributed by atoms with Crippen molar-refractivity contribution in [2.24, 2.45) is 0 Å². The van der Waals surface area contributed by atoms with Gasteiger partial charge in [-0.25, -0.2) is 4.98 Å². The number of nitrogens with one attached hydrogen (secondary N) is 1. The summed E-state index contributed by atoms with van der Waals surface area (Å²) >= 11 is 6.07. The Morgan fingerprint density at radius 3 is 2.78 bits per heavy atom. The monoisotopic (exact) mass is 330 g/mol. The quantitative estimate of drug-likeness (QED) is 0.775. The van der Waals surface area contributed by atoms with Gasteiger partial charge in [0.05, 0.1) is 12.8 Å². The summed E-state index contributed by atoms with van der Waals surface area (Å²) in [6, 6.07) is 8.57. The molecule has 1 aromatic heterocycles. The molecule has 0 aliphatic rings. The molecule has 0 aliphatic heterocycles. The molecule has 0 spiro atoms. The number of benzene rings is 2. The van der Waals surface area contributed by atoms with Crippen LogP contribution in [-0.2, 0) is 0 Å². The molecule has 5 nitrogen and oxygen atoms in total. The molecule has 2 aromatic carbocycles. The molecular formula is C17H15ClN2O3. The van der Waals surface area contributed by atoms with Gasteiger partial charge in [0.25, 0.3) is 5.91 Å². The van der Waals surface area contributed by atoms with E-state index in [2.05, 4.69) is 10.3 Å². The van der Waals surface area contributed by atoms with Crippen LogP contribution in [0.3, 0.4) is 0 Å². The molecule has 0 saturated carbocycles. The molecule has 0 bridgehead atoms. The highest BCUT2D eigenvalue weighted by Crippen LogP contribution is 2.31. The zero-order valence-electron chi connectivity index (χ0n) is 12.9. The van der Waals surface area contributed by atoms with E-state index in [9.17, 15) is 4.79 Å². The Bertz CT molecular complexity index is 902. The van der Waals surface area contributed by atoms with Gasteiger partial charge in [-0.1, -0.05) is 11.6 Å². The van der Waals surface area contributed by atoms with Crippen molar-refractivity contribution < 1.29 is 13.9 Å². The van der Waals surface area contributed by atoms with Crippen LogP contribution in [0, 0.1) is 13.8 Å². The molecule has 0 unspecified atom stereocenters. The Kier molecular flexibility index (Phi) is 3.96. The molecule has 6 heteroatoms. The number of hydrogen-bond donors (Lipinski definition) is 1. The van der Waals surface area contributed by atoms with E-state index in [0.717, 1.165) is 5.56 Å². The van der Waals surface area contributed by atoms with Crippen molar-refractivity contribution >= 4 is 34.3 Å². The number of fused-ring (bicyclic) bond motifs is 1. The number of amides is 1. The van der Waals surface area contributed by atoms with Gasteiger partial charge in [0.2, 0.25) is 0 Å². The number of oxazole rings is 1. The molecule has 3 aromatic rings. The zero-order chi connectivity index (χ0) is 16.6. The number of rotatable bonds is 3. The van der Waals surface area contributed by atoms with Gasteiger partial charge in [0.1, 0.15) is 11.3 Å². The molecule has 0 atom stereocenters. The molecule has 0 aliphatic carbocycles. The van der Waals surface area contributed by atoms with Gasteiger partial charge in [-0.05, 0) is 36.8 Å². The van der Waals surface area contributed by atoms with Crippen LogP contribution >= 0.6 is 11.6 Å². The highest BCUT2D eigenvalue weighted by Gasteiger charge is 2.13. The summed E-state index contributed by atoms with van der Waals surface area (Å²) in [4.78, 5) is 16.7. The summed E-state index contributed by atoms with van der Waals surface area (Å²) in [5, 5.41) is 3.42. The zero-order valence-corrected chi connectivity index (χ0v) is 13.7. The predicted molar refractivity (Wildman–Crippen MR) is 89.4 cm³/mol. The second kappa shape index (κ2) is 5.93. The van der Waals surface area contributed by atoms with Crippen LogP contribution in [0.5, 0.6) is 5.75 Å². The number of aryl methyl sites for hydroxylation is 2. The maximum absolute atomic E-state index is 12.5. The third kappa shape index (κ3) is 3.00. The lowest BCUT2D eigenvalue weighted by Crippen LogP contribution is -2.12. The molecule has 0 radical (unpaired) electrons. The molecule has 0 saturated heterocycles. The van der Waals surface area contributed by atoms with Gasteiger partial charge >= 0.3 is 0 Å². The van der Waals surface area contributed by atoms with E-state index < -0.39 is 0 Å². The minimum atomic E-state index is -0.257. The summed E-state index contributed by atoms with van der Waals surface area (Å²) in [6.45, 7) is 3.63. The first kappa shape index (κ1) is 15.4. The first-order valence-corrected chi connectivity index (χ1v) is 7.38. The molecule has 23 heavy (non-hydrogen) atoms. The highest BCUT2D eigenvalue weighted by molar-refractivity contribution is 6.31. The van der Waals surface area contributed by atoms with E-state index in [-0.39, 0.29) is 5.91 Å². The molecule has 1 amide bonds. The van der Waals surface area contributed by atoms with Gasteiger partial charge < -0.3 is 14.5 Å². The standard InChI is InChI=1S/C17H15ClN2O3/c1-9-6-13(16(22-3)8-12(9)18)20-17(21)11-4-5-15-14(7-11)19-10(2)23-15/h4-8H,1-3H3,(H,20,21). The number of anilines is 1. The van der Waals surface area contributed by atoms with E-state index in [1.165, 1.54) is 7.11 Å². The topological polar surface area (TPSA) is 64.4 Å². The third-order valence-corrected chi connectivity index (χ3v) is 3.89. The average Bonchev–Trinajstić information content (AvgIpc) is 2.89. The second-order valence-electron chi connectivity index (χ2n) is 5.17. The minimum absolute atomic E-state index is 0.257. The number of carbonyl (C=O) groups excluding carboxylic acids is 1. The highest BCUT2D eigenvalue weighted by atomic mass is 35.5. The molecule has 3 rings (SSSR count). The van der Waals surface area contributed by atoms with E-state index in [4.69, 9.17) is 20.8 Å². The average molecular weight is 331 g/mol. The fourth-order valence-electron chi connectivity index (χ4n) is 2.31.